The summed E-state index contributed by atoms with van der Waals surface area (Å²) in [5, 5.41) is 12.7. The SMILES string of the molecule is CC(C)c1cccc(CC(=O)NC[C@@H]2CCC[C@H]2O)c1. The van der Waals surface area contributed by atoms with E-state index in [1.165, 1.54) is 5.56 Å². The molecule has 0 heterocycles. The Morgan fingerprint density at radius 2 is 2.20 bits per heavy atom. The van der Waals surface area contributed by atoms with Gasteiger partial charge in [0.2, 0.25) is 5.91 Å². The average Bonchev–Trinajstić information content (AvgIpc) is 2.82. The van der Waals surface area contributed by atoms with E-state index in [1.807, 2.05) is 12.1 Å². The van der Waals surface area contributed by atoms with Gasteiger partial charge in [0, 0.05) is 12.5 Å². The monoisotopic (exact) mass is 275 g/mol. The van der Waals surface area contributed by atoms with Gasteiger partial charge in [0.15, 0.2) is 0 Å². The van der Waals surface area contributed by atoms with Crippen LogP contribution >= 0.6 is 0 Å². The van der Waals surface area contributed by atoms with E-state index in [9.17, 15) is 9.90 Å². The quantitative estimate of drug-likeness (QED) is 0.868. The highest BCUT2D eigenvalue weighted by molar-refractivity contribution is 5.78. The molecule has 2 atom stereocenters. The van der Waals surface area contributed by atoms with Crippen molar-refractivity contribution in [3.05, 3.63) is 35.4 Å². The molecule has 0 radical (unpaired) electrons. The van der Waals surface area contributed by atoms with Crippen LogP contribution in [-0.4, -0.2) is 23.7 Å². The van der Waals surface area contributed by atoms with Gasteiger partial charge in [-0.3, -0.25) is 4.79 Å². The summed E-state index contributed by atoms with van der Waals surface area (Å²) in [5.74, 6) is 0.762. The molecular formula is C17H25NO2. The molecule has 1 fully saturated rings. The first-order valence-corrected chi connectivity index (χ1v) is 7.60. The van der Waals surface area contributed by atoms with Crippen LogP contribution in [0.4, 0.5) is 0 Å². The molecule has 1 aromatic carbocycles. The minimum atomic E-state index is -0.237. The van der Waals surface area contributed by atoms with Crippen molar-refractivity contribution in [3.8, 4) is 0 Å². The van der Waals surface area contributed by atoms with Crippen LogP contribution in [0.2, 0.25) is 0 Å². The fourth-order valence-corrected chi connectivity index (χ4v) is 2.81. The normalized spacial score (nSPS) is 22.2. The van der Waals surface area contributed by atoms with Crippen LogP contribution in [0.15, 0.2) is 24.3 Å². The van der Waals surface area contributed by atoms with Crippen molar-refractivity contribution in [1.82, 2.24) is 5.32 Å². The topological polar surface area (TPSA) is 49.3 Å². The Bertz CT molecular complexity index is 456. The number of amides is 1. The van der Waals surface area contributed by atoms with E-state index < -0.39 is 0 Å². The number of hydrogen-bond acceptors (Lipinski definition) is 2. The number of aliphatic hydroxyl groups is 1. The third-order valence-corrected chi connectivity index (χ3v) is 4.16. The fraction of sp³-hybridized carbons (Fsp3) is 0.588. The maximum Gasteiger partial charge on any atom is 0.224 e. The molecule has 20 heavy (non-hydrogen) atoms. The molecule has 1 aliphatic carbocycles. The van der Waals surface area contributed by atoms with Crippen molar-refractivity contribution in [3.63, 3.8) is 0 Å². The Hall–Kier alpha value is -1.35. The van der Waals surface area contributed by atoms with Gasteiger partial charge in [0.25, 0.3) is 0 Å². The Balaban J connectivity index is 1.83. The molecule has 0 spiro atoms. The highest BCUT2D eigenvalue weighted by Gasteiger charge is 2.25. The molecule has 0 aliphatic heterocycles. The number of benzene rings is 1. The minimum absolute atomic E-state index is 0.0463. The molecule has 3 heteroatoms. The summed E-state index contributed by atoms with van der Waals surface area (Å²) in [5.41, 5.74) is 2.32. The van der Waals surface area contributed by atoms with Gasteiger partial charge in [-0.1, -0.05) is 44.5 Å². The highest BCUT2D eigenvalue weighted by atomic mass is 16.3. The Kier molecular flexibility index (Phi) is 5.18. The number of carbonyl (C=O) groups excluding carboxylic acids is 1. The number of aliphatic hydroxyl groups excluding tert-OH is 1. The van der Waals surface area contributed by atoms with Crippen molar-refractivity contribution in [1.29, 1.82) is 0 Å². The summed E-state index contributed by atoms with van der Waals surface area (Å²) in [7, 11) is 0. The third-order valence-electron chi connectivity index (χ3n) is 4.16. The molecule has 1 aliphatic rings. The van der Waals surface area contributed by atoms with Crippen molar-refractivity contribution in [2.75, 3.05) is 6.54 Å². The van der Waals surface area contributed by atoms with Crippen LogP contribution in [-0.2, 0) is 11.2 Å². The van der Waals surface area contributed by atoms with E-state index in [-0.39, 0.29) is 17.9 Å². The Labute approximate surface area is 121 Å². The van der Waals surface area contributed by atoms with Gasteiger partial charge in [-0.15, -0.1) is 0 Å². The predicted octanol–water partition coefficient (Wildman–Crippen LogP) is 2.63. The lowest BCUT2D eigenvalue weighted by molar-refractivity contribution is -0.120. The maximum absolute atomic E-state index is 12.0. The second kappa shape index (κ2) is 6.89. The zero-order valence-electron chi connectivity index (χ0n) is 12.4. The van der Waals surface area contributed by atoms with Crippen molar-refractivity contribution >= 4 is 5.91 Å². The first-order chi connectivity index (χ1) is 9.56. The minimum Gasteiger partial charge on any atom is -0.393 e. The molecule has 2 rings (SSSR count). The zero-order chi connectivity index (χ0) is 14.5. The molecular weight excluding hydrogens is 250 g/mol. The summed E-state index contributed by atoms with van der Waals surface area (Å²) < 4.78 is 0. The second-order valence-corrected chi connectivity index (χ2v) is 6.14. The van der Waals surface area contributed by atoms with Crippen molar-refractivity contribution < 1.29 is 9.90 Å². The van der Waals surface area contributed by atoms with Gasteiger partial charge in [0.05, 0.1) is 12.5 Å². The molecule has 1 amide bonds. The summed E-state index contributed by atoms with van der Waals surface area (Å²) in [4.78, 5) is 12.0. The van der Waals surface area contributed by atoms with Crippen LogP contribution in [0.25, 0.3) is 0 Å². The second-order valence-electron chi connectivity index (χ2n) is 6.14. The molecule has 0 aromatic heterocycles. The molecule has 0 saturated heterocycles. The van der Waals surface area contributed by atoms with Gasteiger partial charge in [-0.25, -0.2) is 0 Å². The maximum atomic E-state index is 12.0. The fourth-order valence-electron chi connectivity index (χ4n) is 2.81. The molecule has 1 saturated carbocycles. The van der Waals surface area contributed by atoms with E-state index >= 15 is 0 Å². The van der Waals surface area contributed by atoms with Crippen LogP contribution in [0.1, 0.15) is 50.2 Å². The van der Waals surface area contributed by atoms with E-state index in [2.05, 4.69) is 31.3 Å². The Morgan fingerprint density at radius 1 is 1.40 bits per heavy atom. The molecule has 0 bridgehead atoms. The number of carbonyl (C=O) groups is 1. The summed E-state index contributed by atoms with van der Waals surface area (Å²) in [6, 6.07) is 8.21. The van der Waals surface area contributed by atoms with Crippen LogP contribution in [0.5, 0.6) is 0 Å². The number of nitrogens with one attached hydrogen (secondary N) is 1. The van der Waals surface area contributed by atoms with E-state index in [4.69, 9.17) is 0 Å². The molecule has 110 valence electrons. The van der Waals surface area contributed by atoms with E-state index in [1.54, 1.807) is 0 Å². The first-order valence-electron chi connectivity index (χ1n) is 7.60. The van der Waals surface area contributed by atoms with Gasteiger partial charge in [0.1, 0.15) is 0 Å². The summed E-state index contributed by atoms with van der Waals surface area (Å²) in [6.07, 6.45) is 3.14. The largest absolute Gasteiger partial charge is 0.393 e. The van der Waals surface area contributed by atoms with Gasteiger partial charge in [-0.2, -0.15) is 0 Å². The lowest BCUT2D eigenvalue weighted by Crippen LogP contribution is -2.33. The van der Waals surface area contributed by atoms with E-state index in [0.29, 0.717) is 18.9 Å². The number of hydrogen-bond donors (Lipinski definition) is 2. The van der Waals surface area contributed by atoms with Gasteiger partial charge < -0.3 is 10.4 Å². The molecule has 2 N–H and O–H groups in total. The molecule has 1 aromatic rings. The summed E-state index contributed by atoms with van der Waals surface area (Å²) in [6.45, 7) is 4.91. The zero-order valence-corrected chi connectivity index (χ0v) is 12.4. The van der Waals surface area contributed by atoms with Gasteiger partial charge in [-0.05, 0) is 29.9 Å². The van der Waals surface area contributed by atoms with Crippen LogP contribution in [0, 0.1) is 5.92 Å². The van der Waals surface area contributed by atoms with Crippen LogP contribution < -0.4 is 5.32 Å². The predicted molar refractivity (Wildman–Crippen MR) is 80.6 cm³/mol. The molecule has 3 nitrogen and oxygen atoms in total. The molecule has 0 unspecified atom stereocenters. The van der Waals surface area contributed by atoms with Crippen molar-refractivity contribution in [2.45, 2.75) is 51.6 Å². The summed E-state index contributed by atoms with van der Waals surface area (Å²) >= 11 is 0. The van der Waals surface area contributed by atoms with E-state index in [0.717, 1.165) is 24.8 Å². The lowest BCUT2D eigenvalue weighted by Gasteiger charge is -2.15. The van der Waals surface area contributed by atoms with Gasteiger partial charge >= 0.3 is 0 Å². The third kappa shape index (κ3) is 4.07. The number of rotatable bonds is 5. The standard InChI is InChI=1S/C17H25NO2/c1-12(2)14-6-3-5-13(9-14)10-17(20)18-11-15-7-4-8-16(15)19/h3,5-6,9,12,15-16,19H,4,7-8,10-11H2,1-2H3,(H,18,20)/t15-,16+/m0/s1. The smallest absolute Gasteiger partial charge is 0.224 e. The lowest BCUT2D eigenvalue weighted by atomic mass is 9.99. The highest BCUT2D eigenvalue weighted by Crippen LogP contribution is 2.24. The average molecular weight is 275 g/mol. The Morgan fingerprint density at radius 3 is 2.85 bits per heavy atom. The van der Waals surface area contributed by atoms with Crippen LogP contribution in [0.3, 0.4) is 0 Å². The van der Waals surface area contributed by atoms with Crippen molar-refractivity contribution in [2.24, 2.45) is 5.92 Å². The first kappa shape index (κ1) is 15.0.